The summed E-state index contributed by atoms with van der Waals surface area (Å²) in [4.78, 5) is 0. The highest BCUT2D eigenvalue weighted by molar-refractivity contribution is 5.43. The number of benzene rings is 1. The van der Waals surface area contributed by atoms with Crippen molar-refractivity contribution in [3.05, 3.63) is 24.0 Å². The summed E-state index contributed by atoms with van der Waals surface area (Å²) in [5.41, 5.74) is 5.49. The van der Waals surface area contributed by atoms with Crippen LogP contribution in [-0.2, 0) is 4.74 Å². The molecule has 1 heterocycles. The molecule has 2 rings (SSSR count). The van der Waals surface area contributed by atoms with Crippen LogP contribution in [0.3, 0.4) is 0 Å². The molecular formula is C11H14FNO2. The van der Waals surface area contributed by atoms with Crippen LogP contribution in [0.5, 0.6) is 5.75 Å². The molecule has 2 N–H and O–H groups in total. The molecule has 1 saturated heterocycles. The molecule has 1 aromatic rings. The Balaban J connectivity index is 1.90. The van der Waals surface area contributed by atoms with E-state index in [0.29, 0.717) is 12.4 Å². The van der Waals surface area contributed by atoms with Crippen molar-refractivity contribution >= 4 is 5.69 Å². The number of anilines is 1. The molecule has 0 amide bonds. The van der Waals surface area contributed by atoms with E-state index in [2.05, 4.69) is 0 Å². The summed E-state index contributed by atoms with van der Waals surface area (Å²) in [5, 5.41) is 0. The molecule has 3 nitrogen and oxygen atoms in total. The summed E-state index contributed by atoms with van der Waals surface area (Å²) >= 11 is 0. The van der Waals surface area contributed by atoms with Gasteiger partial charge in [0.15, 0.2) is 0 Å². The minimum absolute atomic E-state index is 0.138. The van der Waals surface area contributed by atoms with Crippen molar-refractivity contribution in [3.63, 3.8) is 0 Å². The third kappa shape index (κ3) is 2.59. The van der Waals surface area contributed by atoms with Gasteiger partial charge in [0.25, 0.3) is 0 Å². The lowest BCUT2D eigenvalue weighted by Gasteiger charge is -2.11. The second-order valence-corrected chi connectivity index (χ2v) is 3.63. The molecular weight excluding hydrogens is 197 g/mol. The zero-order chi connectivity index (χ0) is 10.7. The van der Waals surface area contributed by atoms with Crippen LogP contribution in [0.15, 0.2) is 18.2 Å². The lowest BCUT2D eigenvalue weighted by Crippen LogP contribution is -2.16. The summed E-state index contributed by atoms with van der Waals surface area (Å²) in [7, 11) is 0. The Bertz CT molecular complexity index is 337. The van der Waals surface area contributed by atoms with E-state index in [4.69, 9.17) is 15.2 Å². The molecule has 0 radical (unpaired) electrons. The predicted molar refractivity (Wildman–Crippen MR) is 55.3 cm³/mol. The van der Waals surface area contributed by atoms with Gasteiger partial charge in [-0.2, -0.15) is 0 Å². The summed E-state index contributed by atoms with van der Waals surface area (Å²) in [6.07, 6.45) is 2.23. The van der Waals surface area contributed by atoms with Crippen LogP contribution in [0, 0.1) is 5.82 Å². The van der Waals surface area contributed by atoms with Crippen LogP contribution in [0.4, 0.5) is 10.1 Å². The van der Waals surface area contributed by atoms with E-state index < -0.39 is 5.82 Å². The highest BCUT2D eigenvalue weighted by Crippen LogP contribution is 2.19. The van der Waals surface area contributed by atoms with Crippen molar-refractivity contribution in [1.29, 1.82) is 0 Å². The normalized spacial score (nSPS) is 20.5. The van der Waals surface area contributed by atoms with Crippen LogP contribution in [0.25, 0.3) is 0 Å². The van der Waals surface area contributed by atoms with Crippen molar-refractivity contribution < 1.29 is 13.9 Å². The molecule has 0 bridgehead atoms. The van der Waals surface area contributed by atoms with Gasteiger partial charge in [0, 0.05) is 12.7 Å². The zero-order valence-electron chi connectivity index (χ0n) is 8.41. The lowest BCUT2D eigenvalue weighted by atomic mass is 10.2. The molecule has 1 unspecified atom stereocenters. The topological polar surface area (TPSA) is 44.5 Å². The van der Waals surface area contributed by atoms with E-state index in [1.165, 1.54) is 12.1 Å². The molecule has 4 heteroatoms. The first-order chi connectivity index (χ1) is 7.25. The Kier molecular flexibility index (Phi) is 3.06. The fourth-order valence-corrected chi connectivity index (χ4v) is 1.56. The van der Waals surface area contributed by atoms with E-state index in [1.54, 1.807) is 6.07 Å². The molecule has 1 atom stereocenters. The Hall–Kier alpha value is -1.29. The average Bonchev–Trinajstić information content (AvgIpc) is 2.73. The molecule has 1 aliphatic rings. The number of nitrogen functional groups attached to an aromatic ring is 1. The molecule has 0 aromatic heterocycles. The van der Waals surface area contributed by atoms with Gasteiger partial charge in [0.05, 0.1) is 11.8 Å². The highest BCUT2D eigenvalue weighted by atomic mass is 19.1. The maximum atomic E-state index is 13.0. The van der Waals surface area contributed by atoms with Crippen LogP contribution < -0.4 is 10.5 Å². The maximum absolute atomic E-state index is 13.0. The summed E-state index contributed by atoms with van der Waals surface area (Å²) < 4.78 is 23.8. The fraction of sp³-hybridized carbons (Fsp3) is 0.455. The van der Waals surface area contributed by atoms with Crippen molar-refractivity contribution in [2.75, 3.05) is 18.9 Å². The number of ether oxygens (including phenoxy) is 2. The van der Waals surface area contributed by atoms with Crippen molar-refractivity contribution in [2.45, 2.75) is 18.9 Å². The number of rotatable bonds is 3. The first-order valence-corrected chi connectivity index (χ1v) is 5.05. The SMILES string of the molecule is Nc1ccc(OCC2CCCO2)cc1F. The predicted octanol–water partition coefficient (Wildman–Crippen LogP) is 1.97. The first-order valence-electron chi connectivity index (χ1n) is 5.05. The maximum Gasteiger partial charge on any atom is 0.149 e. The third-order valence-corrected chi connectivity index (χ3v) is 2.43. The van der Waals surface area contributed by atoms with Gasteiger partial charge in [-0.3, -0.25) is 0 Å². The molecule has 0 spiro atoms. The molecule has 82 valence electrons. The molecule has 0 saturated carbocycles. The zero-order valence-corrected chi connectivity index (χ0v) is 8.41. The summed E-state index contributed by atoms with van der Waals surface area (Å²) in [6, 6.07) is 4.46. The van der Waals surface area contributed by atoms with Crippen molar-refractivity contribution in [1.82, 2.24) is 0 Å². The van der Waals surface area contributed by atoms with Crippen LogP contribution in [0.2, 0.25) is 0 Å². The van der Waals surface area contributed by atoms with Crippen LogP contribution in [-0.4, -0.2) is 19.3 Å². The number of hydrogen-bond acceptors (Lipinski definition) is 3. The minimum atomic E-state index is -0.445. The Morgan fingerprint density at radius 2 is 2.40 bits per heavy atom. The Morgan fingerprint density at radius 1 is 1.53 bits per heavy atom. The van der Waals surface area contributed by atoms with E-state index >= 15 is 0 Å². The lowest BCUT2D eigenvalue weighted by molar-refractivity contribution is 0.0678. The largest absolute Gasteiger partial charge is 0.491 e. The first kappa shape index (κ1) is 10.2. The van der Waals surface area contributed by atoms with E-state index in [0.717, 1.165) is 19.4 Å². The fourth-order valence-electron chi connectivity index (χ4n) is 1.56. The number of hydrogen-bond donors (Lipinski definition) is 1. The quantitative estimate of drug-likeness (QED) is 0.777. The highest BCUT2D eigenvalue weighted by Gasteiger charge is 2.16. The summed E-state index contributed by atoms with van der Waals surface area (Å²) in [5.74, 6) is 0.0528. The number of nitrogens with two attached hydrogens (primary N) is 1. The Labute approximate surface area is 88.0 Å². The number of halogens is 1. The average molecular weight is 211 g/mol. The third-order valence-electron chi connectivity index (χ3n) is 2.43. The smallest absolute Gasteiger partial charge is 0.149 e. The van der Waals surface area contributed by atoms with Gasteiger partial charge in [0.1, 0.15) is 18.2 Å². The second-order valence-electron chi connectivity index (χ2n) is 3.63. The molecule has 1 fully saturated rings. The van der Waals surface area contributed by atoms with Crippen molar-refractivity contribution in [2.24, 2.45) is 0 Å². The molecule has 0 aliphatic carbocycles. The van der Waals surface area contributed by atoms with Gasteiger partial charge < -0.3 is 15.2 Å². The second kappa shape index (κ2) is 4.49. The standard InChI is InChI=1S/C11H14FNO2/c12-10-6-8(3-4-11(10)13)15-7-9-2-1-5-14-9/h3-4,6,9H,1-2,5,7,13H2. The molecule has 15 heavy (non-hydrogen) atoms. The van der Waals surface area contributed by atoms with Gasteiger partial charge in [-0.1, -0.05) is 0 Å². The van der Waals surface area contributed by atoms with Crippen LogP contribution in [0.1, 0.15) is 12.8 Å². The van der Waals surface area contributed by atoms with Gasteiger partial charge >= 0.3 is 0 Å². The van der Waals surface area contributed by atoms with Gasteiger partial charge in [-0.15, -0.1) is 0 Å². The van der Waals surface area contributed by atoms with Gasteiger partial charge in [-0.25, -0.2) is 4.39 Å². The van der Waals surface area contributed by atoms with Crippen molar-refractivity contribution in [3.8, 4) is 5.75 Å². The van der Waals surface area contributed by atoms with Gasteiger partial charge in [0.2, 0.25) is 0 Å². The molecule has 1 aliphatic heterocycles. The van der Waals surface area contributed by atoms with E-state index in [1.807, 2.05) is 0 Å². The summed E-state index contributed by atoms with van der Waals surface area (Å²) in [6.45, 7) is 1.27. The monoisotopic (exact) mass is 211 g/mol. The molecule has 1 aromatic carbocycles. The minimum Gasteiger partial charge on any atom is -0.491 e. The van der Waals surface area contributed by atoms with E-state index in [9.17, 15) is 4.39 Å². The van der Waals surface area contributed by atoms with Crippen LogP contribution >= 0.6 is 0 Å². The van der Waals surface area contributed by atoms with E-state index in [-0.39, 0.29) is 11.8 Å². The van der Waals surface area contributed by atoms with Gasteiger partial charge in [-0.05, 0) is 25.0 Å². The Morgan fingerprint density at radius 3 is 3.07 bits per heavy atom.